The smallest absolute Gasteiger partial charge is 0.160 e. The molecule has 0 atom stereocenters. The molecule has 1 aliphatic heterocycles. The minimum Gasteiger partial charge on any atom is -0.355 e. The van der Waals surface area contributed by atoms with Gasteiger partial charge in [0, 0.05) is 54.0 Å². The van der Waals surface area contributed by atoms with Crippen LogP contribution in [0.15, 0.2) is 222 Å². The maximum Gasteiger partial charge on any atom is 0.160 e. The normalized spacial score (nSPS) is 12.2. The van der Waals surface area contributed by atoms with Crippen LogP contribution in [0.1, 0.15) is 0 Å². The zero-order valence-electron chi connectivity index (χ0n) is 33.0. The molecule has 286 valence electrons. The van der Waals surface area contributed by atoms with E-state index in [9.17, 15) is 0 Å². The van der Waals surface area contributed by atoms with Crippen molar-refractivity contribution in [2.24, 2.45) is 0 Å². The lowest BCUT2D eigenvalue weighted by molar-refractivity contribution is 1.17. The number of fused-ring (bicyclic) bond motifs is 6. The van der Waals surface area contributed by atoms with Crippen molar-refractivity contribution in [1.82, 2.24) is 15.0 Å². The van der Waals surface area contributed by atoms with Gasteiger partial charge in [0.25, 0.3) is 0 Å². The van der Waals surface area contributed by atoms with Gasteiger partial charge in [0.15, 0.2) is 5.82 Å². The molecule has 0 radical (unpaired) electrons. The molecule has 3 heterocycles. The molecule has 0 bridgehead atoms. The lowest BCUT2D eigenvalue weighted by Gasteiger charge is -2.33. The summed E-state index contributed by atoms with van der Waals surface area (Å²) in [5.74, 6) is 0.696. The first-order valence-corrected chi connectivity index (χ1v) is 21.4. The minimum atomic E-state index is 0.696. The Morgan fingerprint density at radius 2 is 0.902 bits per heavy atom. The van der Waals surface area contributed by atoms with Crippen LogP contribution in [0.5, 0.6) is 0 Å². The number of para-hydroxylation sites is 2. The Bertz CT molecular complexity index is 3430. The molecule has 1 N–H and O–H groups in total. The van der Waals surface area contributed by atoms with Crippen molar-refractivity contribution in [2.75, 3.05) is 4.90 Å². The van der Waals surface area contributed by atoms with Crippen LogP contribution in [0.25, 0.3) is 88.7 Å². The first-order valence-electron chi connectivity index (χ1n) is 20.6. The lowest BCUT2D eigenvalue weighted by atomic mass is 9.99. The summed E-state index contributed by atoms with van der Waals surface area (Å²) in [6, 6.07) is 75.9. The molecular formula is C56H36N4S. The number of aromatic nitrogens is 3. The van der Waals surface area contributed by atoms with E-state index in [1.165, 1.54) is 37.5 Å². The quantitative estimate of drug-likeness (QED) is 0.182. The van der Waals surface area contributed by atoms with Gasteiger partial charge in [-0.3, -0.25) is 0 Å². The largest absolute Gasteiger partial charge is 0.355 e. The number of hydrogen-bond acceptors (Lipinski definition) is 4. The van der Waals surface area contributed by atoms with Crippen LogP contribution in [-0.4, -0.2) is 15.0 Å². The fraction of sp³-hybridized carbons (Fsp3) is 0. The van der Waals surface area contributed by atoms with Gasteiger partial charge in [-0.05, 0) is 112 Å². The van der Waals surface area contributed by atoms with Crippen LogP contribution in [0.2, 0.25) is 0 Å². The second-order valence-electron chi connectivity index (χ2n) is 15.5. The van der Waals surface area contributed by atoms with Gasteiger partial charge in [0.05, 0.1) is 22.8 Å². The summed E-state index contributed by atoms with van der Waals surface area (Å²) in [7, 11) is 0. The van der Waals surface area contributed by atoms with Gasteiger partial charge in [-0.15, -0.1) is 0 Å². The minimum absolute atomic E-state index is 0.696. The highest BCUT2D eigenvalue weighted by molar-refractivity contribution is 7.99. The van der Waals surface area contributed by atoms with Crippen LogP contribution in [-0.2, 0) is 0 Å². The number of aromatic amines is 1. The van der Waals surface area contributed by atoms with E-state index in [4.69, 9.17) is 9.97 Å². The summed E-state index contributed by atoms with van der Waals surface area (Å²) in [6.45, 7) is 0. The van der Waals surface area contributed by atoms with E-state index in [0.29, 0.717) is 5.82 Å². The average molecular weight is 797 g/mol. The van der Waals surface area contributed by atoms with Crippen LogP contribution in [0.3, 0.4) is 0 Å². The Balaban J connectivity index is 0.971. The van der Waals surface area contributed by atoms with Gasteiger partial charge in [0.2, 0.25) is 0 Å². The van der Waals surface area contributed by atoms with Gasteiger partial charge in [-0.2, -0.15) is 0 Å². The second kappa shape index (κ2) is 14.5. The predicted octanol–water partition coefficient (Wildman–Crippen LogP) is 15.5. The molecule has 61 heavy (non-hydrogen) atoms. The van der Waals surface area contributed by atoms with Crippen molar-refractivity contribution in [3.63, 3.8) is 0 Å². The summed E-state index contributed by atoms with van der Waals surface area (Å²) in [6.07, 6.45) is 0. The van der Waals surface area contributed by atoms with E-state index in [1.807, 2.05) is 11.8 Å². The van der Waals surface area contributed by atoms with Gasteiger partial charge in [0.1, 0.15) is 0 Å². The first kappa shape index (κ1) is 35.2. The van der Waals surface area contributed by atoms with Crippen molar-refractivity contribution in [1.29, 1.82) is 0 Å². The number of H-pyrrole nitrogens is 1. The molecule has 0 spiro atoms. The van der Waals surface area contributed by atoms with Crippen molar-refractivity contribution in [3.05, 3.63) is 212 Å². The third kappa shape index (κ3) is 6.35. The van der Waals surface area contributed by atoms with E-state index in [-0.39, 0.29) is 0 Å². The number of nitrogens with zero attached hydrogens (tertiary/aromatic N) is 3. The highest BCUT2D eigenvalue weighted by atomic mass is 32.2. The van der Waals surface area contributed by atoms with Crippen molar-refractivity contribution in [3.8, 4) is 56.2 Å². The summed E-state index contributed by atoms with van der Waals surface area (Å²) in [5.41, 5.74) is 15.2. The molecule has 11 aromatic rings. The fourth-order valence-corrected chi connectivity index (χ4v) is 9.79. The van der Waals surface area contributed by atoms with Crippen LogP contribution in [0, 0.1) is 0 Å². The number of nitrogens with one attached hydrogen (secondary N) is 1. The van der Waals surface area contributed by atoms with E-state index < -0.39 is 0 Å². The molecular weight excluding hydrogens is 761 g/mol. The molecule has 0 fully saturated rings. The molecule has 4 nitrogen and oxygen atoms in total. The molecule has 1 aliphatic rings. The van der Waals surface area contributed by atoms with E-state index in [2.05, 4.69) is 222 Å². The summed E-state index contributed by atoms with van der Waals surface area (Å²) in [4.78, 5) is 19.1. The van der Waals surface area contributed by atoms with Crippen molar-refractivity contribution in [2.45, 2.75) is 9.79 Å². The Morgan fingerprint density at radius 3 is 1.66 bits per heavy atom. The SMILES string of the molecule is c1ccc(-c2cccc(-c3cc(-c4ccc5[nH]c6ccc(-c7cccc(N8c9ccccc9Sc9ccccc98)c7)cc6c5c4)nc(-c4ccc5ccccc5c4)n3)c2)cc1. The Morgan fingerprint density at radius 1 is 0.361 bits per heavy atom. The molecule has 0 aliphatic carbocycles. The lowest BCUT2D eigenvalue weighted by Crippen LogP contribution is -2.14. The van der Waals surface area contributed by atoms with Crippen LogP contribution >= 0.6 is 11.8 Å². The Hall–Kier alpha value is -7.73. The first-order chi connectivity index (χ1) is 30.2. The summed E-state index contributed by atoms with van der Waals surface area (Å²) >= 11 is 1.83. The summed E-state index contributed by atoms with van der Waals surface area (Å²) in [5, 5.41) is 4.67. The molecule has 0 unspecified atom stereocenters. The maximum absolute atomic E-state index is 5.28. The second-order valence-corrected chi connectivity index (χ2v) is 16.6. The molecule has 0 amide bonds. The molecule has 5 heteroatoms. The number of benzene rings is 9. The highest BCUT2D eigenvalue weighted by Crippen LogP contribution is 2.51. The van der Waals surface area contributed by atoms with Crippen molar-refractivity contribution < 1.29 is 0 Å². The summed E-state index contributed by atoms with van der Waals surface area (Å²) < 4.78 is 0. The molecule has 0 saturated heterocycles. The Labute approximate surface area is 357 Å². The fourth-order valence-electron chi connectivity index (χ4n) is 8.73. The maximum atomic E-state index is 5.28. The molecule has 12 rings (SSSR count). The van der Waals surface area contributed by atoms with Crippen LogP contribution < -0.4 is 4.90 Å². The van der Waals surface area contributed by atoms with E-state index >= 15 is 0 Å². The molecule has 2 aromatic heterocycles. The standard InChI is InChI=1S/C56H36N4S/c1-2-12-36(13-3-1)39-16-10-18-42(30-39)50-35-51(59-56(58-50)44-25-24-37-14-4-5-15-38(37)31-44)43-27-29-49-47(34-43)46-33-41(26-28-48(46)57-49)40-17-11-19-45(32-40)60-52-20-6-8-22-54(52)61-55-23-9-7-21-53(55)60/h1-35,57H. The number of anilines is 3. The third-order valence-corrected chi connectivity index (χ3v) is 12.9. The zero-order valence-corrected chi connectivity index (χ0v) is 33.8. The Kier molecular flexibility index (Phi) is 8.39. The average Bonchev–Trinajstić information content (AvgIpc) is 3.70. The molecule has 0 saturated carbocycles. The highest BCUT2D eigenvalue weighted by Gasteiger charge is 2.24. The van der Waals surface area contributed by atoms with Gasteiger partial charge in [-0.25, -0.2) is 9.97 Å². The van der Waals surface area contributed by atoms with E-state index in [0.717, 1.165) is 72.3 Å². The molecule has 9 aromatic carbocycles. The van der Waals surface area contributed by atoms with Gasteiger partial charge in [-0.1, -0.05) is 145 Å². The van der Waals surface area contributed by atoms with E-state index in [1.54, 1.807) is 0 Å². The third-order valence-electron chi connectivity index (χ3n) is 11.8. The number of hydrogen-bond donors (Lipinski definition) is 1. The monoisotopic (exact) mass is 796 g/mol. The van der Waals surface area contributed by atoms with Gasteiger partial charge >= 0.3 is 0 Å². The van der Waals surface area contributed by atoms with Crippen LogP contribution in [0.4, 0.5) is 17.1 Å². The number of rotatable bonds is 6. The van der Waals surface area contributed by atoms with Crippen molar-refractivity contribution >= 4 is 61.4 Å². The topological polar surface area (TPSA) is 44.8 Å². The predicted molar refractivity (Wildman–Crippen MR) is 255 cm³/mol. The van der Waals surface area contributed by atoms with Gasteiger partial charge < -0.3 is 9.88 Å². The zero-order chi connectivity index (χ0) is 40.3.